The second kappa shape index (κ2) is 5.65. The first-order chi connectivity index (χ1) is 11.9. The fourth-order valence-electron chi connectivity index (χ4n) is 5.08. The number of aromatic nitrogens is 2. The van der Waals surface area contributed by atoms with Gasteiger partial charge in [-0.1, -0.05) is 26.8 Å². The van der Waals surface area contributed by atoms with Gasteiger partial charge in [0.25, 0.3) is 5.91 Å². The molecule has 2 atom stereocenters. The van der Waals surface area contributed by atoms with E-state index in [1.165, 1.54) is 6.42 Å². The van der Waals surface area contributed by atoms with Crippen LogP contribution >= 0.6 is 0 Å². The summed E-state index contributed by atoms with van der Waals surface area (Å²) in [5, 5.41) is 0. The normalized spacial score (nSPS) is 27.3. The molecule has 1 saturated carbocycles. The Balaban J connectivity index is 1.62. The van der Waals surface area contributed by atoms with Crippen molar-refractivity contribution in [2.24, 2.45) is 10.8 Å². The number of hydrogen-bond donors (Lipinski definition) is 0. The minimum Gasteiger partial charge on any atom is -0.334 e. The number of carbonyl (C=O) groups is 1. The van der Waals surface area contributed by atoms with Gasteiger partial charge in [0, 0.05) is 30.5 Å². The molecule has 1 aliphatic carbocycles. The second-order valence-electron chi connectivity index (χ2n) is 8.79. The summed E-state index contributed by atoms with van der Waals surface area (Å²) < 4.78 is 0. The number of carbonyl (C=O) groups excluding carboxylic acids is 1. The Kier molecular flexibility index (Phi) is 3.67. The molecule has 2 aromatic heterocycles. The maximum Gasteiger partial charge on any atom is 0.272 e. The molecule has 0 unspecified atom stereocenters. The van der Waals surface area contributed by atoms with Crippen molar-refractivity contribution < 1.29 is 4.79 Å². The van der Waals surface area contributed by atoms with Crippen LogP contribution in [0.3, 0.4) is 0 Å². The third-order valence-electron chi connectivity index (χ3n) is 5.62. The quantitative estimate of drug-likeness (QED) is 0.827. The maximum absolute atomic E-state index is 13.2. The fraction of sp³-hybridized carbons (Fsp3) is 0.476. The largest absolute Gasteiger partial charge is 0.334 e. The van der Waals surface area contributed by atoms with Crippen LogP contribution in [0.2, 0.25) is 0 Å². The van der Waals surface area contributed by atoms with Gasteiger partial charge in [0.2, 0.25) is 0 Å². The van der Waals surface area contributed by atoms with E-state index in [0.29, 0.717) is 17.2 Å². The Morgan fingerprint density at radius 3 is 2.64 bits per heavy atom. The van der Waals surface area contributed by atoms with Gasteiger partial charge >= 0.3 is 0 Å². The first kappa shape index (κ1) is 16.2. The van der Waals surface area contributed by atoms with Gasteiger partial charge in [-0.3, -0.25) is 9.78 Å². The number of nitrogens with zero attached hydrogens (tertiary/aromatic N) is 3. The highest BCUT2D eigenvalue weighted by Gasteiger charge is 2.51. The first-order valence-corrected chi connectivity index (χ1v) is 9.04. The lowest BCUT2D eigenvalue weighted by Crippen LogP contribution is -2.38. The molecule has 0 aromatic carbocycles. The van der Waals surface area contributed by atoms with E-state index >= 15 is 0 Å². The molecule has 1 aliphatic heterocycles. The molecule has 0 spiro atoms. The fourth-order valence-corrected chi connectivity index (χ4v) is 5.08. The molecule has 4 heteroatoms. The van der Waals surface area contributed by atoms with Crippen molar-refractivity contribution in [3.05, 3.63) is 48.4 Å². The Bertz CT molecular complexity index is 802. The van der Waals surface area contributed by atoms with Gasteiger partial charge in [0.15, 0.2) is 0 Å². The number of hydrogen-bond acceptors (Lipinski definition) is 3. The Labute approximate surface area is 149 Å². The number of rotatable bonds is 2. The van der Waals surface area contributed by atoms with Crippen molar-refractivity contribution in [3.63, 3.8) is 0 Å². The third kappa shape index (κ3) is 3.06. The van der Waals surface area contributed by atoms with Crippen LogP contribution in [0.15, 0.2) is 42.7 Å². The molecule has 4 nitrogen and oxygen atoms in total. The summed E-state index contributed by atoms with van der Waals surface area (Å²) in [4.78, 5) is 23.9. The Morgan fingerprint density at radius 2 is 1.88 bits per heavy atom. The number of amides is 1. The zero-order chi connectivity index (χ0) is 17.7. The topological polar surface area (TPSA) is 46.1 Å². The minimum atomic E-state index is 0.0716. The number of likely N-dealkylation sites (tertiary alicyclic amines) is 1. The Hall–Kier alpha value is -2.23. The van der Waals surface area contributed by atoms with E-state index in [2.05, 4.69) is 35.6 Å². The molecule has 130 valence electrons. The SMILES string of the molecule is CC1(C)C[C@@H]2C[C@@](C)(CN2C(=O)c2cccc(-c3ccncc3)n2)C1. The zero-order valence-corrected chi connectivity index (χ0v) is 15.2. The van der Waals surface area contributed by atoms with E-state index in [9.17, 15) is 4.79 Å². The number of fused-ring (bicyclic) bond motifs is 2. The highest BCUT2D eigenvalue weighted by Crippen LogP contribution is 2.52. The van der Waals surface area contributed by atoms with E-state index in [-0.39, 0.29) is 11.3 Å². The molecule has 2 aliphatic rings. The van der Waals surface area contributed by atoms with Crippen molar-refractivity contribution in [2.45, 2.75) is 46.1 Å². The summed E-state index contributed by atoms with van der Waals surface area (Å²) in [5.41, 5.74) is 2.90. The van der Waals surface area contributed by atoms with Gasteiger partial charge in [0.1, 0.15) is 5.69 Å². The molecule has 0 radical (unpaired) electrons. The van der Waals surface area contributed by atoms with Crippen LogP contribution in [0.1, 0.15) is 50.5 Å². The van der Waals surface area contributed by atoms with Crippen LogP contribution in [0, 0.1) is 10.8 Å². The van der Waals surface area contributed by atoms with Crippen LogP contribution < -0.4 is 0 Å². The highest BCUT2D eigenvalue weighted by molar-refractivity contribution is 5.93. The van der Waals surface area contributed by atoms with Crippen molar-refractivity contribution in [3.8, 4) is 11.3 Å². The minimum absolute atomic E-state index is 0.0716. The molecule has 3 heterocycles. The molecule has 25 heavy (non-hydrogen) atoms. The average Bonchev–Trinajstić information content (AvgIpc) is 2.84. The van der Waals surface area contributed by atoms with Gasteiger partial charge in [0.05, 0.1) is 5.69 Å². The molecule has 1 amide bonds. The standard InChI is InChI=1S/C21H25N3O/c1-20(2)11-16-12-21(3,13-20)14-24(16)19(25)18-6-4-5-17(23-18)15-7-9-22-10-8-15/h4-10,16H,11-14H2,1-3H3/t16-,21-/m1/s1. The van der Waals surface area contributed by atoms with E-state index < -0.39 is 0 Å². The summed E-state index contributed by atoms with van der Waals surface area (Å²) in [6, 6.07) is 9.88. The molecule has 2 bridgehead atoms. The predicted octanol–water partition coefficient (Wildman–Crippen LogP) is 4.18. The third-order valence-corrected chi connectivity index (χ3v) is 5.62. The average molecular weight is 335 g/mol. The highest BCUT2D eigenvalue weighted by atomic mass is 16.2. The van der Waals surface area contributed by atoms with E-state index in [0.717, 1.165) is 30.6 Å². The van der Waals surface area contributed by atoms with Gasteiger partial charge in [-0.05, 0) is 54.4 Å². The summed E-state index contributed by atoms with van der Waals surface area (Å²) in [7, 11) is 0. The molecule has 4 rings (SSSR count). The Morgan fingerprint density at radius 1 is 1.12 bits per heavy atom. The predicted molar refractivity (Wildman–Crippen MR) is 98.0 cm³/mol. The number of pyridine rings is 2. The summed E-state index contributed by atoms with van der Waals surface area (Å²) in [5.74, 6) is 0.0716. The van der Waals surface area contributed by atoms with Gasteiger partial charge in [-0.15, -0.1) is 0 Å². The monoisotopic (exact) mass is 335 g/mol. The van der Waals surface area contributed by atoms with E-state index in [4.69, 9.17) is 0 Å². The van der Waals surface area contributed by atoms with Crippen LogP contribution in [0.5, 0.6) is 0 Å². The first-order valence-electron chi connectivity index (χ1n) is 9.04. The van der Waals surface area contributed by atoms with Crippen molar-refractivity contribution in [2.75, 3.05) is 6.54 Å². The lowest BCUT2D eigenvalue weighted by molar-refractivity contribution is 0.0702. The van der Waals surface area contributed by atoms with Crippen molar-refractivity contribution in [1.82, 2.24) is 14.9 Å². The van der Waals surface area contributed by atoms with Crippen LogP contribution in [0.25, 0.3) is 11.3 Å². The summed E-state index contributed by atoms with van der Waals surface area (Å²) in [6.45, 7) is 7.83. The molecular weight excluding hydrogens is 310 g/mol. The lowest BCUT2D eigenvalue weighted by atomic mass is 9.65. The molecule has 0 N–H and O–H groups in total. The molecular formula is C21H25N3O. The molecule has 2 aromatic rings. The van der Waals surface area contributed by atoms with Gasteiger partial charge in [-0.25, -0.2) is 4.98 Å². The van der Waals surface area contributed by atoms with Gasteiger partial charge < -0.3 is 4.90 Å². The summed E-state index contributed by atoms with van der Waals surface area (Å²) >= 11 is 0. The lowest BCUT2D eigenvalue weighted by Gasteiger charge is -2.39. The molecule has 1 saturated heterocycles. The van der Waals surface area contributed by atoms with Crippen molar-refractivity contribution >= 4 is 5.91 Å². The van der Waals surface area contributed by atoms with Crippen LogP contribution in [-0.2, 0) is 0 Å². The zero-order valence-electron chi connectivity index (χ0n) is 15.2. The van der Waals surface area contributed by atoms with Crippen LogP contribution in [0.4, 0.5) is 0 Å². The van der Waals surface area contributed by atoms with Crippen LogP contribution in [-0.4, -0.2) is 33.4 Å². The second-order valence-corrected chi connectivity index (χ2v) is 8.79. The van der Waals surface area contributed by atoms with Gasteiger partial charge in [-0.2, -0.15) is 0 Å². The van der Waals surface area contributed by atoms with E-state index in [1.54, 1.807) is 12.4 Å². The van der Waals surface area contributed by atoms with Crippen molar-refractivity contribution in [1.29, 1.82) is 0 Å². The smallest absolute Gasteiger partial charge is 0.272 e. The molecule has 2 fully saturated rings. The van der Waals surface area contributed by atoms with E-state index in [1.807, 2.05) is 30.3 Å². The summed E-state index contributed by atoms with van der Waals surface area (Å²) in [6.07, 6.45) is 6.88. The maximum atomic E-state index is 13.2.